The predicted octanol–water partition coefficient (Wildman–Crippen LogP) is 9.93. The number of hydrogen-bond donors (Lipinski definition) is 2. The number of amides is 1. The van der Waals surface area contributed by atoms with Crippen molar-refractivity contribution < 1.29 is 24.2 Å². The Morgan fingerprint density at radius 3 is 2.29 bits per heavy atom. The van der Waals surface area contributed by atoms with E-state index in [0.717, 1.165) is 25.7 Å². The molecule has 51 heavy (non-hydrogen) atoms. The fourth-order valence-corrected chi connectivity index (χ4v) is 13.7. The highest BCUT2D eigenvalue weighted by Gasteiger charge is 2.70. The van der Waals surface area contributed by atoms with E-state index in [1.807, 2.05) is 12.1 Å². The molecular weight excluding hydrogens is 634 g/mol. The molecule has 5 fully saturated rings. The molecule has 5 saturated carbocycles. The molecule has 6 nitrogen and oxygen atoms in total. The third-order valence-corrected chi connectivity index (χ3v) is 16.7. The van der Waals surface area contributed by atoms with Crippen LogP contribution in [0.5, 0.6) is 0 Å². The van der Waals surface area contributed by atoms with Crippen LogP contribution in [0.2, 0.25) is 0 Å². The minimum absolute atomic E-state index is 0.108. The molecule has 0 aliphatic heterocycles. The summed E-state index contributed by atoms with van der Waals surface area (Å²) in [4.78, 5) is 38.2. The van der Waals surface area contributed by atoms with E-state index in [9.17, 15) is 19.5 Å². The van der Waals surface area contributed by atoms with Gasteiger partial charge in [-0.25, -0.2) is 0 Å². The number of hydrogen-bond acceptors (Lipinski definition) is 4. The summed E-state index contributed by atoms with van der Waals surface area (Å²) in [6, 6.07) is 8.31. The number of fused-ring (bicyclic) bond motifs is 7. The lowest BCUT2D eigenvalue weighted by atomic mass is 9.33. The number of aryl methyl sites for hydroxylation is 1. The van der Waals surface area contributed by atoms with Crippen molar-refractivity contribution >= 4 is 17.8 Å². The lowest BCUT2D eigenvalue weighted by molar-refractivity contribution is -0.245. The Morgan fingerprint density at radius 2 is 1.63 bits per heavy atom. The zero-order valence-electron chi connectivity index (χ0n) is 33.2. The number of allylic oxidation sites excluding steroid dienone is 1. The maximum Gasteiger partial charge on any atom is 0.309 e. The molecule has 0 aromatic heterocycles. The minimum Gasteiger partial charge on any atom is -0.481 e. The number of carboxylic acids is 1. The van der Waals surface area contributed by atoms with Crippen LogP contribution < -0.4 is 5.32 Å². The monoisotopic (exact) mass is 702 g/mol. The molecule has 282 valence electrons. The summed E-state index contributed by atoms with van der Waals surface area (Å²) in [5.74, 6) is 2.59. The van der Waals surface area contributed by atoms with E-state index in [1.165, 1.54) is 48.8 Å². The lowest BCUT2D eigenvalue weighted by Crippen LogP contribution is -2.66. The molecule has 11 atom stereocenters. The first kappa shape index (κ1) is 38.1. The number of carbonyl (C=O) groups is 3. The van der Waals surface area contributed by atoms with E-state index >= 15 is 0 Å². The van der Waals surface area contributed by atoms with Gasteiger partial charge in [0.15, 0.2) is 0 Å². The van der Waals surface area contributed by atoms with Crippen molar-refractivity contribution in [1.29, 1.82) is 0 Å². The van der Waals surface area contributed by atoms with Crippen LogP contribution in [-0.2, 0) is 25.7 Å². The molecule has 1 unspecified atom stereocenters. The minimum atomic E-state index is -1.14. The van der Waals surface area contributed by atoms with Crippen molar-refractivity contribution in [3.05, 3.63) is 47.5 Å². The number of rotatable bonds is 9. The van der Waals surface area contributed by atoms with Crippen LogP contribution >= 0.6 is 0 Å². The second-order valence-electron chi connectivity index (χ2n) is 20.0. The van der Waals surface area contributed by atoms with Gasteiger partial charge in [-0.2, -0.15) is 0 Å². The van der Waals surface area contributed by atoms with Gasteiger partial charge in [-0.1, -0.05) is 71.0 Å². The van der Waals surface area contributed by atoms with Gasteiger partial charge >= 0.3 is 11.9 Å². The molecule has 0 radical (unpaired) electrons. The lowest BCUT2D eigenvalue weighted by Gasteiger charge is -2.72. The Hall–Kier alpha value is -2.63. The summed E-state index contributed by atoms with van der Waals surface area (Å²) in [6.07, 6.45) is 10.5. The van der Waals surface area contributed by atoms with Gasteiger partial charge < -0.3 is 15.2 Å². The van der Waals surface area contributed by atoms with E-state index in [-0.39, 0.29) is 46.1 Å². The maximum atomic E-state index is 13.4. The number of ether oxygens (including phenoxy) is 1. The largest absolute Gasteiger partial charge is 0.481 e. The summed E-state index contributed by atoms with van der Waals surface area (Å²) < 4.78 is 6.18. The molecule has 0 saturated heterocycles. The van der Waals surface area contributed by atoms with Gasteiger partial charge in [0.2, 0.25) is 5.91 Å². The van der Waals surface area contributed by atoms with Crippen molar-refractivity contribution in [3.8, 4) is 0 Å². The Kier molecular flexibility index (Phi) is 9.97. The number of benzene rings is 1. The average Bonchev–Trinajstić information content (AvgIpc) is 3.40. The third-order valence-electron chi connectivity index (χ3n) is 16.7. The summed E-state index contributed by atoms with van der Waals surface area (Å²) in [5, 5.41) is 12.9. The van der Waals surface area contributed by atoms with E-state index in [2.05, 4.69) is 72.5 Å². The quantitative estimate of drug-likeness (QED) is 0.198. The van der Waals surface area contributed by atoms with Crippen LogP contribution in [0.1, 0.15) is 137 Å². The SMILES string of the molecule is C=C(C)[C@@H]1C[C@@H](CC(=O)NCc2ccccc2C)C2CC[C@]3(C)[C@H](CC[C@@H]4[C@@]5(C)CC[C@H](OC(=O)CC(C)(C)C(=O)O)C(C)(C)[C@@H]5CC[C@]43C)[C@H]21. The van der Waals surface area contributed by atoms with Gasteiger partial charge in [0.1, 0.15) is 6.10 Å². The molecule has 0 heterocycles. The van der Waals surface area contributed by atoms with Crippen LogP contribution in [0, 0.1) is 75.4 Å². The van der Waals surface area contributed by atoms with Crippen molar-refractivity contribution in [1.82, 2.24) is 5.32 Å². The molecule has 5 aliphatic carbocycles. The summed E-state index contributed by atoms with van der Waals surface area (Å²) in [6.45, 7) is 25.2. The standard InChI is InChI=1S/C45H67NO5/c1-27(2)32-23-30(24-37(47)46-26-29-14-12-11-13-28(29)3)31-17-21-44(9)33(39(31)32)15-16-35-43(8)20-19-36(51-38(48)25-41(4,5)40(49)50)42(6,7)34(43)18-22-45(35,44)10/h11-14,30-36,39H,1,15-26H2,2-10H3,(H,46,47)(H,49,50)/t30-,31?,32-,33+,34-,35+,36-,39+,43-,44+,45+/m0/s1. The molecule has 6 heteroatoms. The molecule has 6 rings (SSSR count). The molecule has 5 aliphatic rings. The van der Waals surface area contributed by atoms with Crippen LogP contribution in [0.4, 0.5) is 0 Å². The zero-order chi connectivity index (χ0) is 37.3. The van der Waals surface area contributed by atoms with Crippen molar-refractivity contribution in [2.24, 2.45) is 68.5 Å². The number of carboxylic acid groups (broad SMARTS) is 1. The van der Waals surface area contributed by atoms with Crippen molar-refractivity contribution in [2.45, 2.75) is 146 Å². The Balaban J connectivity index is 1.18. The Bertz CT molecular complexity index is 1540. The van der Waals surface area contributed by atoms with Crippen molar-refractivity contribution in [2.75, 3.05) is 0 Å². The van der Waals surface area contributed by atoms with Gasteiger partial charge in [-0.15, -0.1) is 0 Å². The predicted molar refractivity (Wildman–Crippen MR) is 202 cm³/mol. The molecule has 1 aromatic rings. The highest BCUT2D eigenvalue weighted by molar-refractivity contribution is 5.81. The maximum absolute atomic E-state index is 13.4. The smallest absolute Gasteiger partial charge is 0.309 e. The molecule has 2 N–H and O–H groups in total. The van der Waals surface area contributed by atoms with Gasteiger partial charge in [-0.3, -0.25) is 14.4 Å². The highest BCUT2D eigenvalue weighted by atomic mass is 16.5. The summed E-state index contributed by atoms with van der Waals surface area (Å²) in [5.41, 5.74) is 3.01. The third kappa shape index (κ3) is 6.30. The molecule has 0 spiro atoms. The molecule has 0 bridgehead atoms. The normalized spacial score (nSPS) is 39.8. The van der Waals surface area contributed by atoms with E-state index in [1.54, 1.807) is 13.8 Å². The van der Waals surface area contributed by atoms with Crippen LogP contribution in [0.25, 0.3) is 0 Å². The van der Waals surface area contributed by atoms with E-state index in [4.69, 9.17) is 4.74 Å². The first-order valence-corrected chi connectivity index (χ1v) is 20.2. The molecule has 1 amide bonds. The number of esters is 1. The van der Waals surface area contributed by atoms with Gasteiger partial charge in [-0.05, 0) is 154 Å². The molecular formula is C45H67NO5. The highest BCUT2D eigenvalue weighted by Crippen LogP contribution is 2.76. The Morgan fingerprint density at radius 1 is 0.941 bits per heavy atom. The van der Waals surface area contributed by atoms with Crippen LogP contribution in [0.3, 0.4) is 0 Å². The fraction of sp³-hybridized carbons (Fsp3) is 0.756. The van der Waals surface area contributed by atoms with Gasteiger partial charge in [0.25, 0.3) is 0 Å². The number of aliphatic carboxylic acids is 1. The number of nitrogens with one attached hydrogen (secondary N) is 1. The summed E-state index contributed by atoms with van der Waals surface area (Å²) >= 11 is 0. The van der Waals surface area contributed by atoms with Crippen LogP contribution in [-0.4, -0.2) is 29.1 Å². The second-order valence-corrected chi connectivity index (χ2v) is 20.0. The summed E-state index contributed by atoms with van der Waals surface area (Å²) in [7, 11) is 0. The van der Waals surface area contributed by atoms with Gasteiger partial charge in [0.05, 0.1) is 11.8 Å². The van der Waals surface area contributed by atoms with E-state index < -0.39 is 11.4 Å². The van der Waals surface area contributed by atoms with Crippen LogP contribution in [0.15, 0.2) is 36.4 Å². The van der Waals surface area contributed by atoms with Gasteiger partial charge in [0, 0.05) is 18.4 Å². The first-order chi connectivity index (χ1) is 23.8. The van der Waals surface area contributed by atoms with Crippen molar-refractivity contribution in [3.63, 3.8) is 0 Å². The van der Waals surface area contributed by atoms with E-state index in [0.29, 0.717) is 54.4 Å². The second kappa shape index (κ2) is 13.3. The topological polar surface area (TPSA) is 92.7 Å². The average molecular weight is 702 g/mol. The first-order valence-electron chi connectivity index (χ1n) is 20.2. The zero-order valence-corrected chi connectivity index (χ0v) is 33.2. The number of carbonyl (C=O) groups excluding carboxylic acids is 2. The molecule has 1 aromatic carbocycles. The Labute approximate surface area is 308 Å². The fourth-order valence-electron chi connectivity index (χ4n) is 13.7.